The molecule has 0 aliphatic heterocycles. The van der Waals surface area contributed by atoms with Crippen molar-refractivity contribution in [3.63, 3.8) is 0 Å². The van der Waals surface area contributed by atoms with Gasteiger partial charge >= 0.3 is 0 Å². The molecule has 0 spiro atoms. The molecule has 0 aromatic rings. The molecule has 0 aromatic carbocycles. The molecule has 0 amide bonds. The van der Waals surface area contributed by atoms with Crippen LogP contribution in [0.15, 0.2) is 0 Å². The summed E-state index contributed by atoms with van der Waals surface area (Å²) in [5.74, 6) is 0. The van der Waals surface area contributed by atoms with Crippen LogP contribution in [-0.2, 0) is 9.47 Å². The summed E-state index contributed by atoms with van der Waals surface area (Å²) in [5, 5.41) is 13.0. The third-order valence-corrected chi connectivity index (χ3v) is 2.91. The number of methoxy groups -OCH3 is 1. The zero-order valence-electron chi connectivity index (χ0n) is 12.3. The van der Waals surface area contributed by atoms with Gasteiger partial charge in [0.1, 0.15) is 0 Å². The van der Waals surface area contributed by atoms with Gasteiger partial charge in [-0.2, -0.15) is 0 Å². The first-order chi connectivity index (χ1) is 8.70. The fraction of sp³-hybridized carbons (Fsp3) is 1.00. The van der Waals surface area contributed by atoms with Crippen molar-refractivity contribution in [2.24, 2.45) is 0 Å². The number of unbranched alkanes of at least 4 members (excludes halogenated alkanes) is 3. The van der Waals surface area contributed by atoms with E-state index >= 15 is 0 Å². The topological polar surface area (TPSA) is 50.7 Å². The summed E-state index contributed by atoms with van der Waals surface area (Å²) in [7, 11) is 1.70. The first-order valence-corrected chi connectivity index (χ1v) is 7.18. The average Bonchev–Trinajstić information content (AvgIpc) is 2.38. The van der Waals surface area contributed by atoms with Gasteiger partial charge in [0.05, 0.1) is 12.7 Å². The molecule has 4 nitrogen and oxygen atoms in total. The molecule has 4 heteroatoms. The summed E-state index contributed by atoms with van der Waals surface area (Å²) >= 11 is 0. The van der Waals surface area contributed by atoms with Gasteiger partial charge < -0.3 is 19.9 Å². The van der Waals surface area contributed by atoms with Crippen LogP contribution in [-0.4, -0.2) is 50.7 Å². The number of nitrogens with one attached hydrogen (secondary N) is 1. The molecule has 2 atom stereocenters. The van der Waals surface area contributed by atoms with Crippen LogP contribution in [0.1, 0.15) is 46.0 Å². The fourth-order valence-corrected chi connectivity index (χ4v) is 1.64. The molecule has 0 bridgehead atoms. The van der Waals surface area contributed by atoms with Crippen molar-refractivity contribution in [2.75, 3.05) is 33.5 Å². The highest BCUT2D eigenvalue weighted by Crippen LogP contribution is 1.99. The van der Waals surface area contributed by atoms with Gasteiger partial charge in [-0.3, -0.25) is 0 Å². The maximum absolute atomic E-state index is 9.71. The maximum Gasteiger partial charge on any atom is 0.0897 e. The van der Waals surface area contributed by atoms with Crippen molar-refractivity contribution >= 4 is 0 Å². The quantitative estimate of drug-likeness (QED) is 0.498. The van der Waals surface area contributed by atoms with E-state index in [2.05, 4.69) is 19.2 Å². The van der Waals surface area contributed by atoms with E-state index < -0.39 is 6.10 Å². The Balaban J connectivity index is 3.28. The van der Waals surface area contributed by atoms with E-state index in [0.717, 1.165) is 26.1 Å². The first kappa shape index (κ1) is 17.8. The summed E-state index contributed by atoms with van der Waals surface area (Å²) < 4.78 is 10.4. The van der Waals surface area contributed by atoms with E-state index in [0.29, 0.717) is 19.2 Å². The Labute approximate surface area is 112 Å². The van der Waals surface area contributed by atoms with Gasteiger partial charge in [0, 0.05) is 32.9 Å². The number of rotatable bonds is 13. The highest BCUT2D eigenvalue weighted by Gasteiger charge is 2.06. The highest BCUT2D eigenvalue weighted by molar-refractivity contribution is 4.64. The van der Waals surface area contributed by atoms with E-state index in [-0.39, 0.29) is 0 Å². The molecule has 2 N–H and O–H groups in total. The lowest BCUT2D eigenvalue weighted by Gasteiger charge is -2.17. The molecule has 110 valence electrons. The maximum atomic E-state index is 9.71. The van der Waals surface area contributed by atoms with E-state index in [1.54, 1.807) is 7.11 Å². The van der Waals surface area contributed by atoms with Crippen LogP contribution in [0.25, 0.3) is 0 Å². The molecule has 0 fully saturated rings. The smallest absolute Gasteiger partial charge is 0.0897 e. The van der Waals surface area contributed by atoms with E-state index in [1.165, 1.54) is 19.3 Å². The summed E-state index contributed by atoms with van der Waals surface area (Å²) in [6.07, 6.45) is 5.37. The van der Waals surface area contributed by atoms with Crippen molar-refractivity contribution in [3.05, 3.63) is 0 Å². The lowest BCUT2D eigenvalue weighted by atomic mass is 10.2. The lowest BCUT2D eigenvalue weighted by Crippen LogP contribution is -2.36. The molecule has 18 heavy (non-hydrogen) atoms. The zero-order chi connectivity index (χ0) is 13.6. The Bertz CT molecular complexity index is 167. The normalized spacial score (nSPS) is 14.7. The lowest BCUT2D eigenvalue weighted by molar-refractivity contribution is 0.0338. The van der Waals surface area contributed by atoms with Crippen LogP contribution in [0.5, 0.6) is 0 Å². The Hall–Kier alpha value is -0.160. The molecule has 0 rings (SSSR count). The van der Waals surface area contributed by atoms with Gasteiger partial charge in [-0.25, -0.2) is 0 Å². The third-order valence-electron chi connectivity index (χ3n) is 2.91. The predicted molar refractivity (Wildman–Crippen MR) is 74.9 cm³/mol. The second-order valence-electron chi connectivity index (χ2n) is 4.88. The van der Waals surface area contributed by atoms with Crippen LogP contribution in [0.2, 0.25) is 0 Å². The van der Waals surface area contributed by atoms with Gasteiger partial charge in [-0.15, -0.1) is 0 Å². The minimum atomic E-state index is -0.416. The van der Waals surface area contributed by atoms with Crippen molar-refractivity contribution in [3.8, 4) is 0 Å². The summed E-state index contributed by atoms with van der Waals surface area (Å²) in [5.41, 5.74) is 0. The van der Waals surface area contributed by atoms with Gasteiger partial charge in [0.25, 0.3) is 0 Å². The number of aliphatic hydroxyl groups excluding tert-OH is 1. The number of hydrogen-bond acceptors (Lipinski definition) is 4. The van der Waals surface area contributed by atoms with Gasteiger partial charge in [0.2, 0.25) is 0 Å². The third kappa shape index (κ3) is 12.3. The van der Waals surface area contributed by atoms with Crippen molar-refractivity contribution in [1.29, 1.82) is 0 Å². The van der Waals surface area contributed by atoms with Crippen LogP contribution in [0.3, 0.4) is 0 Å². The molecular weight excluding hydrogens is 230 g/mol. The largest absolute Gasteiger partial charge is 0.389 e. The van der Waals surface area contributed by atoms with Crippen LogP contribution < -0.4 is 5.32 Å². The summed E-state index contributed by atoms with van der Waals surface area (Å²) in [6, 6.07) is 0.365. The van der Waals surface area contributed by atoms with Crippen molar-refractivity contribution in [2.45, 2.75) is 58.1 Å². The molecule has 0 aliphatic rings. The summed E-state index contributed by atoms with van der Waals surface area (Å²) in [6.45, 7) is 6.81. The van der Waals surface area contributed by atoms with Gasteiger partial charge in [0.15, 0.2) is 0 Å². The average molecular weight is 261 g/mol. The van der Waals surface area contributed by atoms with E-state index in [4.69, 9.17) is 9.47 Å². The van der Waals surface area contributed by atoms with Gasteiger partial charge in [-0.1, -0.05) is 26.2 Å². The molecule has 0 heterocycles. The zero-order valence-corrected chi connectivity index (χ0v) is 12.3. The monoisotopic (exact) mass is 261 g/mol. The highest BCUT2D eigenvalue weighted by atomic mass is 16.5. The fourth-order valence-electron chi connectivity index (χ4n) is 1.64. The second-order valence-corrected chi connectivity index (χ2v) is 4.88. The van der Waals surface area contributed by atoms with Crippen LogP contribution in [0.4, 0.5) is 0 Å². The molecular formula is C14H31NO3. The number of ether oxygens (including phenoxy) is 2. The minimum Gasteiger partial charge on any atom is -0.389 e. The van der Waals surface area contributed by atoms with Crippen molar-refractivity contribution < 1.29 is 14.6 Å². The van der Waals surface area contributed by atoms with E-state index in [9.17, 15) is 5.11 Å². The summed E-state index contributed by atoms with van der Waals surface area (Å²) in [4.78, 5) is 0. The molecule has 0 aliphatic carbocycles. The molecule has 2 unspecified atom stereocenters. The molecule has 0 aromatic heterocycles. The number of aliphatic hydroxyl groups is 1. The van der Waals surface area contributed by atoms with E-state index in [1.807, 2.05) is 0 Å². The number of hydrogen-bond donors (Lipinski definition) is 2. The van der Waals surface area contributed by atoms with Crippen LogP contribution >= 0.6 is 0 Å². The Morgan fingerprint density at radius 3 is 2.61 bits per heavy atom. The predicted octanol–water partition coefficient (Wildman–Crippen LogP) is 1.96. The van der Waals surface area contributed by atoms with Crippen LogP contribution in [0, 0.1) is 0 Å². The first-order valence-electron chi connectivity index (χ1n) is 7.18. The van der Waals surface area contributed by atoms with Crippen molar-refractivity contribution in [1.82, 2.24) is 5.32 Å². The Kier molecular flexibility index (Phi) is 13.2. The second kappa shape index (κ2) is 13.3. The Morgan fingerprint density at radius 2 is 1.94 bits per heavy atom. The standard InChI is InChI=1S/C14H31NO3/c1-4-5-6-7-9-18-12-14(16)11-15-13(2)8-10-17-3/h13-16H,4-12H2,1-3H3. The minimum absolute atomic E-state index is 0.365. The molecule has 0 saturated heterocycles. The van der Waals surface area contributed by atoms with Gasteiger partial charge in [-0.05, 0) is 19.8 Å². The molecule has 0 saturated carbocycles. The SMILES string of the molecule is CCCCCCOCC(O)CNC(C)CCOC. The molecule has 0 radical (unpaired) electrons. The Morgan fingerprint density at radius 1 is 1.17 bits per heavy atom.